The van der Waals surface area contributed by atoms with Gasteiger partial charge in [-0.15, -0.1) is 0 Å². The highest BCUT2D eigenvalue weighted by molar-refractivity contribution is 7.21. The first-order valence-electron chi connectivity index (χ1n) is 21.5. The summed E-state index contributed by atoms with van der Waals surface area (Å²) in [6.45, 7) is 0. The van der Waals surface area contributed by atoms with E-state index in [1.54, 1.807) is 0 Å². The Kier molecular flexibility index (Phi) is 7.89. The SMILES string of the molecule is c1ccc(-n2c3ccccc3c3c(-c4ccc(N(c5ccc6c(c5)[Si]5(c7ccccc7Oc7ccccc75)c5ccccc5O6)c5cccc6ccccc56)cc4)cccc32)cc1. The standard InChI is InChI=1S/C58H38N2O2Si/c1-2-18-41(19-3-1)60-48-23-7-6-21-46(48)58-45(22-15-25-49(58)60)40-32-34-42(35-33-40)59(47-24-14-17-39-16-4-5-20-44(39)47)43-36-37-53-57(38-43)63(56-31-13-10-28-52(56)62-53)54-29-11-8-26-50(54)61-51-27-9-12-30-55(51)63/h1-38H. The first kappa shape index (κ1) is 35.6. The summed E-state index contributed by atoms with van der Waals surface area (Å²) in [7, 11) is -2.99. The summed E-state index contributed by atoms with van der Waals surface area (Å²) in [6.07, 6.45) is 0. The van der Waals surface area contributed by atoms with Gasteiger partial charge in [-0.05, 0) is 116 Å². The van der Waals surface area contributed by atoms with Crippen LogP contribution >= 0.6 is 0 Å². The van der Waals surface area contributed by atoms with E-state index in [0.29, 0.717) is 0 Å². The third-order valence-corrected chi connectivity index (χ3v) is 18.0. The van der Waals surface area contributed by atoms with Gasteiger partial charge in [0.25, 0.3) is 0 Å². The molecule has 296 valence electrons. The molecule has 63 heavy (non-hydrogen) atoms. The van der Waals surface area contributed by atoms with Crippen molar-refractivity contribution in [2.24, 2.45) is 0 Å². The van der Waals surface area contributed by atoms with Gasteiger partial charge >= 0.3 is 0 Å². The maximum Gasteiger partial charge on any atom is 0.196 e. The van der Waals surface area contributed by atoms with E-state index in [0.717, 1.165) is 51.3 Å². The number of aromatic nitrogens is 1. The highest BCUT2D eigenvalue weighted by Gasteiger charge is 2.53. The molecule has 0 amide bonds. The van der Waals surface area contributed by atoms with Crippen molar-refractivity contribution in [2.45, 2.75) is 0 Å². The number of para-hydroxylation sites is 5. The lowest BCUT2D eigenvalue weighted by molar-refractivity contribution is 0.481. The van der Waals surface area contributed by atoms with Crippen LogP contribution in [0, 0.1) is 0 Å². The Morgan fingerprint density at radius 3 is 1.63 bits per heavy atom. The number of hydrogen-bond acceptors (Lipinski definition) is 3. The fraction of sp³-hybridized carbons (Fsp3) is 0. The lowest BCUT2D eigenvalue weighted by atomic mass is 9.99. The summed E-state index contributed by atoms with van der Waals surface area (Å²) >= 11 is 0. The molecule has 0 radical (unpaired) electrons. The number of fused-ring (bicyclic) bond motifs is 12. The van der Waals surface area contributed by atoms with E-state index in [1.807, 2.05) is 0 Å². The first-order valence-corrected chi connectivity index (χ1v) is 23.5. The zero-order chi connectivity index (χ0) is 41.5. The molecule has 5 heteroatoms. The van der Waals surface area contributed by atoms with Crippen molar-refractivity contribution in [1.29, 1.82) is 0 Å². The molecule has 10 aromatic carbocycles. The van der Waals surface area contributed by atoms with Gasteiger partial charge < -0.3 is 18.9 Å². The van der Waals surface area contributed by atoms with Crippen molar-refractivity contribution in [2.75, 3.05) is 4.90 Å². The van der Waals surface area contributed by atoms with Gasteiger partial charge in [-0.1, -0.05) is 152 Å². The number of rotatable bonds is 5. The van der Waals surface area contributed by atoms with Gasteiger partial charge in [-0.25, -0.2) is 0 Å². The molecular formula is C58H38N2O2Si. The Balaban J connectivity index is 1.03. The quantitative estimate of drug-likeness (QED) is 0.162. The van der Waals surface area contributed by atoms with Crippen molar-refractivity contribution >= 4 is 78.5 Å². The van der Waals surface area contributed by atoms with Gasteiger partial charge in [0.15, 0.2) is 8.07 Å². The van der Waals surface area contributed by atoms with Gasteiger partial charge in [-0.2, -0.15) is 0 Å². The van der Waals surface area contributed by atoms with Gasteiger partial charge in [-0.3, -0.25) is 0 Å². The minimum absolute atomic E-state index is 0.881. The molecule has 0 N–H and O–H groups in total. The van der Waals surface area contributed by atoms with Crippen LogP contribution in [0.1, 0.15) is 0 Å². The topological polar surface area (TPSA) is 26.6 Å². The normalized spacial score (nSPS) is 13.1. The van der Waals surface area contributed by atoms with E-state index in [-0.39, 0.29) is 0 Å². The Morgan fingerprint density at radius 1 is 0.381 bits per heavy atom. The van der Waals surface area contributed by atoms with E-state index in [2.05, 4.69) is 240 Å². The van der Waals surface area contributed by atoms with E-state index in [9.17, 15) is 0 Å². The van der Waals surface area contributed by atoms with E-state index in [1.165, 1.54) is 58.9 Å². The highest BCUT2D eigenvalue weighted by Crippen LogP contribution is 2.44. The van der Waals surface area contributed by atoms with Crippen LogP contribution in [0.15, 0.2) is 231 Å². The Labute approximate surface area is 366 Å². The number of ether oxygens (including phenoxy) is 2. The number of hydrogen-bond donors (Lipinski definition) is 0. The first-order chi connectivity index (χ1) is 31.3. The minimum atomic E-state index is -2.99. The second-order valence-corrected chi connectivity index (χ2v) is 20.0. The summed E-state index contributed by atoms with van der Waals surface area (Å²) in [5.41, 5.74) is 9.13. The predicted octanol–water partition coefficient (Wildman–Crippen LogP) is 12.7. The van der Waals surface area contributed by atoms with Crippen LogP contribution in [-0.4, -0.2) is 12.6 Å². The van der Waals surface area contributed by atoms with Crippen LogP contribution in [0.4, 0.5) is 17.1 Å². The van der Waals surface area contributed by atoms with Crippen LogP contribution in [0.5, 0.6) is 23.0 Å². The van der Waals surface area contributed by atoms with Crippen molar-refractivity contribution in [3.8, 4) is 39.8 Å². The Bertz CT molecular complexity index is 3490. The van der Waals surface area contributed by atoms with Crippen LogP contribution in [0.2, 0.25) is 0 Å². The molecule has 2 aliphatic rings. The summed E-state index contributed by atoms with van der Waals surface area (Å²) in [5.74, 6) is 3.59. The van der Waals surface area contributed by atoms with Crippen LogP contribution in [0.3, 0.4) is 0 Å². The molecule has 13 rings (SSSR count). The molecule has 0 atom stereocenters. The fourth-order valence-corrected chi connectivity index (χ4v) is 15.6. The van der Waals surface area contributed by atoms with Gasteiger partial charge in [0, 0.05) is 33.2 Å². The molecule has 4 nitrogen and oxygen atoms in total. The van der Waals surface area contributed by atoms with Gasteiger partial charge in [0.2, 0.25) is 0 Å². The van der Waals surface area contributed by atoms with Crippen LogP contribution in [-0.2, 0) is 0 Å². The molecular weight excluding hydrogens is 785 g/mol. The van der Waals surface area contributed by atoms with Crippen LogP contribution < -0.4 is 35.1 Å². The molecule has 11 aromatic rings. The predicted molar refractivity (Wildman–Crippen MR) is 262 cm³/mol. The Morgan fingerprint density at radius 2 is 0.921 bits per heavy atom. The van der Waals surface area contributed by atoms with Crippen molar-refractivity contribution < 1.29 is 9.47 Å². The molecule has 1 spiro atoms. The van der Waals surface area contributed by atoms with Crippen molar-refractivity contribution in [3.63, 3.8) is 0 Å². The summed E-state index contributed by atoms with van der Waals surface area (Å²) < 4.78 is 16.0. The average molecular weight is 823 g/mol. The summed E-state index contributed by atoms with van der Waals surface area (Å²) in [6, 6.07) is 83.2. The fourth-order valence-electron chi connectivity index (χ4n) is 10.5. The third kappa shape index (κ3) is 5.27. The monoisotopic (exact) mass is 822 g/mol. The van der Waals surface area contributed by atoms with Gasteiger partial charge in [0.05, 0.1) is 16.7 Å². The lowest BCUT2D eigenvalue weighted by Crippen LogP contribution is -2.77. The van der Waals surface area contributed by atoms with E-state index in [4.69, 9.17) is 9.47 Å². The molecule has 0 aliphatic carbocycles. The number of benzene rings is 10. The Hall–Kier alpha value is -8.12. The molecule has 0 bridgehead atoms. The van der Waals surface area contributed by atoms with E-state index < -0.39 is 8.07 Å². The largest absolute Gasteiger partial charge is 0.458 e. The van der Waals surface area contributed by atoms with Crippen molar-refractivity contribution in [1.82, 2.24) is 4.57 Å². The molecule has 3 heterocycles. The number of anilines is 3. The zero-order valence-electron chi connectivity index (χ0n) is 34.2. The molecule has 0 saturated heterocycles. The molecule has 2 aliphatic heterocycles. The van der Waals surface area contributed by atoms with E-state index >= 15 is 0 Å². The van der Waals surface area contributed by atoms with Gasteiger partial charge in [0.1, 0.15) is 23.0 Å². The summed E-state index contributed by atoms with van der Waals surface area (Å²) in [5, 5.41) is 9.72. The average Bonchev–Trinajstić information content (AvgIpc) is 3.69. The second-order valence-electron chi connectivity index (χ2n) is 16.4. The number of nitrogens with zero attached hydrogens (tertiary/aromatic N) is 2. The molecule has 1 aromatic heterocycles. The smallest absolute Gasteiger partial charge is 0.196 e. The molecule has 0 unspecified atom stereocenters. The second kappa shape index (κ2) is 14.0. The minimum Gasteiger partial charge on any atom is -0.458 e. The maximum atomic E-state index is 6.89. The highest BCUT2D eigenvalue weighted by atomic mass is 28.3. The molecule has 0 fully saturated rings. The van der Waals surface area contributed by atoms with Crippen LogP contribution in [0.25, 0.3) is 49.4 Å². The zero-order valence-corrected chi connectivity index (χ0v) is 35.2. The summed E-state index contributed by atoms with van der Waals surface area (Å²) in [4.78, 5) is 2.42. The molecule has 0 saturated carbocycles. The maximum absolute atomic E-state index is 6.89. The third-order valence-electron chi connectivity index (χ3n) is 13.1. The van der Waals surface area contributed by atoms with Crippen molar-refractivity contribution in [3.05, 3.63) is 231 Å². The lowest BCUT2D eigenvalue weighted by Gasteiger charge is -2.43.